The molecule has 0 atom stereocenters. The summed E-state index contributed by atoms with van der Waals surface area (Å²) in [6, 6.07) is 16.3. The smallest absolute Gasteiger partial charge is 0.225 e. The van der Waals surface area contributed by atoms with Crippen LogP contribution in [-0.2, 0) is 11.3 Å². The minimum Gasteiger partial charge on any atom is -0.340 e. The monoisotopic (exact) mass is 436 g/mol. The minimum absolute atomic E-state index is 0.282. The predicted molar refractivity (Wildman–Crippen MR) is 131 cm³/mol. The topological polar surface area (TPSA) is 47.6 Å². The predicted octanol–water partition coefficient (Wildman–Crippen LogP) is 4.64. The largest absolute Gasteiger partial charge is 0.340 e. The SMILES string of the molecule is Cc1c(CN2CCN(C(=O)C3CCCC3)CC2)cccc1NC(=S)Nc1ccccc1. The van der Waals surface area contributed by atoms with Gasteiger partial charge in [0.25, 0.3) is 0 Å². The Labute approximate surface area is 190 Å². The van der Waals surface area contributed by atoms with Crippen LogP contribution in [0.3, 0.4) is 0 Å². The number of piperazine rings is 1. The summed E-state index contributed by atoms with van der Waals surface area (Å²) in [4.78, 5) is 17.2. The van der Waals surface area contributed by atoms with Crippen LogP contribution in [0.25, 0.3) is 0 Å². The first kappa shape index (κ1) is 21.8. The van der Waals surface area contributed by atoms with Gasteiger partial charge >= 0.3 is 0 Å². The van der Waals surface area contributed by atoms with Gasteiger partial charge in [0, 0.05) is 50.0 Å². The van der Waals surface area contributed by atoms with Gasteiger partial charge in [0.15, 0.2) is 5.11 Å². The summed E-state index contributed by atoms with van der Waals surface area (Å²) in [5.41, 5.74) is 4.51. The van der Waals surface area contributed by atoms with Gasteiger partial charge in [-0.3, -0.25) is 9.69 Å². The summed E-state index contributed by atoms with van der Waals surface area (Å²) in [6.45, 7) is 6.59. The molecule has 2 aromatic rings. The number of nitrogens with one attached hydrogen (secondary N) is 2. The highest BCUT2D eigenvalue weighted by molar-refractivity contribution is 7.80. The van der Waals surface area contributed by atoms with Crippen LogP contribution < -0.4 is 10.6 Å². The highest BCUT2D eigenvalue weighted by Crippen LogP contribution is 2.27. The molecule has 1 saturated heterocycles. The van der Waals surface area contributed by atoms with Crippen molar-refractivity contribution < 1.29 is 4.79 Å². The first-order valence-corrected chi connectivity index (χ1v) is 11.7. The Kier molecular flexibility index (Phi) is 7.20. The van der Waals surface area contributed by atoms with Crippen LogP contribution >= 0.6 is 12.2 Å². The maximum absolute atomic E-state index is 12.7. The standard InChI is InChI=1S/C25H32N4OS/c1-19-21(10-7-13-23(19)27-25(31)26-22-11-3-2-4-12-22)18-28-14-16-29(17-15-28)24(30)20-8-5-6-9-20/h2-4,7,10-13,20H,5-6,8-9,14-18H2,1H3,(H2,26,27,31). The Balaban J connectivity index is 1.31. The second-order valence-corrected chi connectivity index (χ2v) is 9.03. The molecular weight excluding hydrogens is 404 g/mol. The molecule has 1 aliphatic carbocycles. The molecule has 0 spiro atoms. The molecule has 0 aromatic heterocycles. The normalized spacial score (nSPS) is 17.5. The molecule has 0 bridgehead atoms. The number of benzene rings is 2. The minimum atomic E-state index is 0.282. The van der Waals surface area contributed by atoms with Gasteiger partial charge in [-0.15, -0.1) is 0 Å². The molecule has 1 saturated carbocycles. The van der Waals surface area contributed by atoms with E-state index in [0.29, 0.717) is 11.0 Å². The van der Waals surface area contributed by atoms with Crippen LogP contribution in [0.1, 0.15) is 36.8 Å². The fourth-order valence-corrected chi connectivity index (χ4v) is 4.82. The average molecular weight is 437 g/mol. The number of nitrogens with zero attached hydrogens (tertiary/aromatic N) is 2. The molecule has 31 heavy (non-hydrogen) atoms. The third kappa shape index (κ3) is 5.63. The molecule has 0 unspecified atom stereocenters. The van der Waals surface area contributed by atoms with E-state index in [1.807, 2.05) is 30.3 Å². The Morgan fingerprint density at radius 1 is 0.968 bits per heavy atom. The van der Waals surface area contributed by atoms with Gasteiger partial charge in [-0.25, -0.2) is 0 Å². The van der Waals surface area contributed by atoms with E-state index in [1.54, 1.807) is 0 Å². The molecule has 1 heterocycles. The molecule has 1 aliphatic heterocycles. The molecule has 5 nitrogen and oxygen atoms in total. The van der Waals surface area contributed by atoms with Gasteiger partial charge in [0.05, 0.1) is 0 Å². The quantitative estimate of drug-likeness (QED) is 0.669. The number of hydrogen-bond donors (Lipinski definition) is 2. The van der Waals surface area contributed by atoms with E-state index in [-0.39, 0.29) is 5.92 Å². The van der Waals surface area contributed by atoms with Crippen molar-refractivity contribution in [1.29, 1.82) is 0 Å². The van der Waals surface area contributed by atoms with Crippen LogP contribution in [0.5, 0.6) is 0 Å². The number of para-hydroxylation sites is 1. The zero-order valence-corrected chi connectivity index (χ0v) is 19.1. The molecule has 6 heteroatoms. The molecular formula is C25H32N4OS. The van der Waals surface area contributed by atoms with Gasteiger partial charge in [-0.1, -0.05) is 43.2 Å². The molecule has 2 aromatic carbocycles. The van der Waals surface area contributed by atoms with Crippen molar-refractivity contribution in [2.45, 2.75) is 39.2 Å². The first-order chi connectivity index (χ1) is 15.1. The number of anilines is 2. The molecule has 2 aliphatic rings. The fraction of sp³-hybridized carbons (Fsp3) is 0.440. The van der Waals surface area contributed by atoms with Gasteiger partial charge in [0.1, 0.15) is 0 Å². The number of carbonyl (C=O) groups excluding carboxylic acids is 1. The Hall–Kier alpha value is -2.44. The van der Waals surface area contributed by atoms with Crippen molar-refractivity contribution in [2.24, 2.45) is 5.92 Å². The molecule has 4 rings (SSSR count). The maximum Gasteiger partial charge on any atom is 0.225 e. The van der Waals surface area contributed by atoms with Gasteiger partial charge in [-0.05, 0) is 61.3 Å². The number of hydrogen-bond acceptors (Lipinski definition) is 3. The average Bonchev–Trinajstić information content (AvgIpc) is 3.32. The summed E-state index contributed by atoms with van der Waals surface area (Å²) < 4.78 is 0. The van der Waals surface area contributed by atoms with Gasteiger partial charge in [0.2, 0.25) is 5.91 Å². The third-order valence-corrected chi connectivity index (χ3v) is 6.71. The van der Waals surface area contributed by atoms with Crippen molar-refractivity contribution in [3.8, 4) is 0 Å². The summed E-state index contributed by atoms with van der Waals surface area (Å²) in [7, 11) is 0. The summed E-state index contributed by atoms with van der Waals surface area (Å²) in [5.74, 6) is 0.670. The molecule has 0 radical (unpaired) electrons. The van der Waals surface area contributed by atoms with Crippen LogP contribution in [0, 0.1) is 12.8 Å². The van der Waals surface area contributed by atoms with E-state index < -0.39 is 0 Å². The Morgan fingerprint density at radius 2 is 1.68 bits per heavy atom. The van der Waals surface area contributed by atoms with Crippen LogP contribution in [0.15, 0.2) is 48.5 Å². The first-order valence-electron chi connectivity index (χ1n) is 11.3. The number of thiocarbonyl (C=S) groups is 1. The lowest BCUT2D eigenvalue weighted by Crippen LogP contribution is -2.49. The van der Waals surface area contributed by atoms with E-state index in [9.17, 15) is 4.79 Å². The second-order valence-electron chi connectivity index (χ2n) is 8.62. The van der Waals surface area contributed by atoms with Crippen LogP contribution in [-0.4, -0.2) is 47.0 Å². The van der Waals surface area contributed by atoms with Crippen molar-refractivity contribution in [2.75, 3.05) is 36.8 Å². The fourth-order valence-electron chi connectivity index (χ4n) is 4.59. The third-order valence-electron chi connectivity index (χ3n) is 6.51. The van der Waals surface area contributed by atoms with E-state index in [4.69, 9.17) is 12.2 Å². The Morgan fingerprint density at radius 3 is 2.39 bits per heavy atom. The van der Waals surface area contributed by atoms with Crippen LogP contribution in [0.2, 0.25) is 0 Å². The van der Waals surface area contributed by atoms with Gasteiger partial charge < -0.3 is 15.5 Å². The van der Waals surface area contributed by atoms with E-state index >= 15 is 0 Å². The maximum atomic E-state index is 12.7. The zero-order chi connectivity index (χ0) is 21.6. The van der Waals surface area contributed by atoms with Crippen molar-refractivity contribution in [1.82, 2.24) is 9.80 Å². The number of amides is 1. The van der Waals surface area contributed by atoms with Gasteiger partial charge in [-0.2, -0.15) is 0 Å². The molecule has 164 valence electrons. The number of rotatable bonds is 5. The van der Waals surface area contributed by atoms with Crippen molar-refractivity contribution in [3.63, 3.8) is 0 Å². The highest BCUT2D eigenvalue weighted by Gasteiger charge is 2.29. The van der Waals surface area contributed by atoms with E-state index in [1.165, 1.54) is 24.0 Å². The molecule has 2 fully saturated rings. The van der Waals surface area contributed by atoms with E-state index in [0.717, 1.165) is 56.9 Å². The lowest BCUT2D eigenvalue weighted by atomic mass is 10.0. The number of carbonyl (C=O) groups is 1. The van der Waals surface area contributed by atoms with Crippen molar-refractivity contribution in [3.05, 3.63) is 59.7 Å². The van der Waals surface area contributed by atoms with Crippen LogP contribution in [0.4, 0.5) is 11.4 Å². The summed E-state index contributed by atoms with van der Waals surface area (Å²) in [5, 5.41) is 7.16. The second kappa shape index (κ2) is 10.2. The zero-order valence-electron chi connectivity index (χ0n) is 18.3. The molecule has 2 N–H and O–H groups in total. The summed E-state index contributed by atoms with van der Waals surface area (Å²) in [6.07, 6.45) is 4.59. The Bertz CT molecular complexity index is 903. The lowest BCUT2D eigenvalue weighted by molar-refractivity contribution is -0.137. The molecule has 1 amide bonds. The van der Waals surface area contributed by atoms with Crippen molar-refractivity contribution >= 4 is 34.6 Å². The van der Waals surface area contributed by atoms with E-state index in [2.05, 4.69) is 45.6 Å². The highest BCUT2D eigenvalue weighted by atomic mass is 32.1. The lowest BCUT2D eigenvalue weighted by Gasteiger charge is -2.36. The summed E-state index contributed by atoms with van der Waals surface area (Å²) >= 11 is 5.49.